The molecule has 2 unspecified atom stereocenters. The number of halogens is 1. The van der Waals surface area contributed by atoms with Gasteiger partial charge in [-0.15, -0.1) is 0 Å². The molecule has 33 heavy (non-hydrogen) atoms. The number of aromatic nitrogens is 1. The van der Waals surface area contributed by atoms with E-state index in [0.29, 0.717) is 41.2 Å². The number of ether oxygens (including phenoxy) is 1. The number of likely N-dealkylation sites (tertiary alicyclic amines) is 1. The summed E-state index contributed by atoms with van der Waals surface area (Å²) in [6, 6.07) is 8.82. The van der Waals surface area contributed by atoms with E-state index in [1.807, 2.05) is 13.0 Å². The highest BCUT2D eigenvalue weighted by molar-refractivity contribution is 6.35. The van der Waals surface area contributed by atoms with Crippen LogP contribution in [0.15, 0.2) is 41.5 Å². The van der Waals surface area contributed by atoms with Gasteiger partial charge < -0.3 is 20.7 Å². The van der Waals surface area contributed by atoms with Crippen LogP contribution in [0.25, 0.3) is 0 Å². The van der Waals surface area contributed by atoms with Gasteiger partial charge in [-0.2, -0.15) is 0 Å². The molecule has 2 atom stereocenters. The minimum atomic E-state index is -0.570. The Bertz CT molecular complexity index is 1030. The fraction of sp³-hybridized carbons (Fsp3) is 0.480. The molecular formula is C25H32ClN5O2. The van der Waals surface area contributed by atoms with Gasteiger partial charge >= 0.3 is 0 Å². The number of pyridine rings is 1. The number of piperidine rings is 1. The van der Waals surface area contributed by atoms with Crippen LogP contribution in [0.2, 0.25) is 5.02 Å². The van der Waals surface area contributed by atoms with Crippen molar-refractivity contribution in [3.63, 3.8) is 0 Å². The normalized spacial score (nSPS) is 23.9. The van der Waals surface area contributed by atoms with Crippen LogP contribution in [0.1, 0.15) is 42.6 Å². The van der Waals surface area contributed by atoms with Crippen molar-refractivity contribution in [2.24, 2.45) is 22.6 Å². The molecule has 8 heteroatoms. The van der Waals surface area contributed by atoms with Crippen LogP contribution in [0, 0.1) is 11.8 Å². The SMILES string of the molecule is CC1CN=C(c2cc(NC(=O)c3ccc(OCC4CCN(C)CC4)nc3)ccc2Cl)C1(C)N. The topological polar surface area (TPSA) is 92.8 Å². The van der Waals surface area contributed by atoms with E-state index in [0.717, 1.165) is 37.2 Å². The standard InChI is InChI=1S/C25H32ClN5O2/c1-16-13-29-23(25(16,2)27)20-12-19(5-6-21(20)26)30-24(32)18-4-7-22(28-14-18)33-15-17-8-10-31(3)11-9-17/h4-7,12,14,16-17H,8-11,13,15,27H2,1-3H3,(H,30,32). The van der Waals surface area contributed by atoms with Crippen LogP contribution in [-0.2, 0) is 0 Å². The van der Waals surface area contributed by atoms with E-state index in [9.17, 15) is 4.79 Å². The lowest BCUT2D eigenvalue weighted by Gasteiger charge is -2.28. The van der Waals surface area contributed by atoms with Gasteiger partial charge in [0, 0.05) is 35.1 Å². The largest absolute Gasteiger partial charge is 0.477 e. The zero-order chi connectivity index (χ0) is 23.6. The van der Waals surface area contributed by atoms with Crippen LogP contribution in [0.3, 0.4) is 0 Å². The number of aliphatic imine (C=N–C) groups is 1. The van der Waals surface area contributed by atoms with Gasteiger partial charge in [-0.25, -0.2) is 4.98 Å². The van der Waals surface area contributed by atoms with E-state index >= 15 is 0 Å². The van der Waals surface area contributed by atoms with Crippen molar-refractivity contribution >= 4 is 28.9 Å². The second-order valence-electron chi connectivity index (χ2n) is 9.46. The zero-order valence-corrected chi connectivity index (χ0v) is 20.2. The average molecular weight is 470 g/mol. The molecule has 1 fully saturated rings. The summed E-state index contributed by atoms with van der Waals surface area (Å²) in [5.74, 6) is 1.05. The predicted octanol–water partition coefficient (Wildman–Crippen LogP) is 3.86. The third-order valence-electron chi connectivity index (χ3n) is 6.84. The first-order valence-electron chi connectivity index (χ1n) is 11.5. The van der Waals surface area contributed by atoms with E-state index in [-0.39, 0.29) is 11.8 Å². The van der Waals surface area contributed by atoms with Crippen molar-refractivity contribution in [2.45, 2.75) is 32.2 Å². The Labute approximate surface area is 200 Å². The summed E-state index contributed by atoms with van der Waals surface area (Å²) in [5.41, 5.74) is 8.53. The van der Waals surface area contributed by atoms with Crippen molar-refractivity contribution in [3.8, 4) is 5.88 Å². The molecule has 0 bridgehead atoms. The van der Waals surface area contributed by atoms with Gasteiger partial charge in [-0.1, -0.05) is 18.5 Å². The number of carbonyl (C=O) groups excluding carboxylic acids is 1. The maximum absolute atomic E-state index is 12.8. The molecule has 7 nitrogen and oxygen atoms in total. The van der Waals surface area contributed by atoms with E-state index in [1.165, 1.54) is 6.20 Å². The van der Waals surface area contributed by atoms with E-state index in [2.05, 4.69) is 34.2 Å². The van der Waals surface area contributed by atoms with Gasteiger partial charge in [0.05, 0.1) is 23.4 Å². The number of hydrogen-bond donors (Lipinski definition) is 2. The molecule has 4 rings (SSSR count). The number of anilines is 1. The van der Waals surface area contributed by atoms with Gasteiger partial charge in [-0.3, -0.25) is 9.79 Å². The number of amides is 1. The number of rotatable bonds is 6. The van der Waals surface area contributed by atoms with E-state index < -0.39 is 5.54 Å². The summed E-state index contributed by atoms with van der Waals surface area (Å²) in [6.07, 6.45) is 3.80. The Morgan fingerprint density at radius 2 is 2.06 bits per heavy atom. The summed E-state index contributed by atoms with van der Waals surface area (Å²) in [6.45, 7) is 7.56. The fourth-order valence-corrected chi connectivity index (χ4v) is 4.42. The first kappa shape index (κ1) is 23.7. The Hall–Kier alpha value is -2.48. The van der Waals surface area contributed by atoms with E-state index in [1.54, 1.807) is 24.3 Å². The molecule has 176 valence electrons. The predicted molar refractivity (Wildman–Crippen MR) is 133 cm³/mol. The average Bonchev–Trinajstić information content (AvgIpc) is 3.07. The molecule has 2 aliphatic rings. The summed E-state index contributed by atoms with van der Waals surface area (Å²) in [4.78, 5) is 24.0. The van der Waals surface area contributed by atoms with Crippen LogP contribution in [0.4, 0.5) is 5.69 Å². The number of benzene rings is 1. The first-order valence-corrected chi connectivity index (χ1v) is 11.8. The maximum Gasteiger partial charge on any atom is 0.257 e. The Morgan fingerprint density at radius 1 is 1.30 bits per heavy atom. The monoisotopic (exact) mass is 469 g/mol. The second kappa shape index (κ2) is 9.79. The minimum absolute atomic E-state index is 0.216. The molecule has 3 N–H and O–H groups in total. The molecule has 1 aromatic heterocycles. The van der Waals surface area contributed by atoms with Crippen LogP contribution >= 0.6 is 11.6 Å². The Kier molecular flexibility index (Phi) is 7.02. The molecule has 1 amide bonds. The third-order valence-corrected chi connectivity index (χ3v) is 7.17. The van der Waals surface area contributed by atoms with Crippen LogP contribution in [-0.4, -0.2) is 60.3 Å². The lowest BCUT2D eigenvalue weighted by molar-refractivity contribution is 0.102. The van der Waals surface area contributed by atoms with Gasteiger partial charge in [-0.05, 0) is 76.0 Å². The van der Waals surface area contributed by atoms with Gasteiger partial charge in [0.1, 0.15) is 0 Å². The molecule has 1 saturated heterocycles. The number of nitrogens with one attached hydrogen (secondary N) is 1. The molecule has 2 aliphatic heterocycles. The van der Waals surface area contributed by atoms with Crippen LogP contribution < -0.4 is 15.8 Å². The summed E-state index contributed by atoms with van der Waals surface area (Å²) in [7, 11) is 2.14. The molecule has 0 radical (unpaired) electrons. The molecule has 0 aliphatic carbocycles. The lowest BCUT2D eigenvalue weighted by Crippen LogP contribution is -2.48. The van der Waals surface area contributed by atoms with Crippen LogP contribution in [0.5, 0.6) is 5.88 Å². The second-order valence-corrected chi connectivity index (χ2v) is 9.87. The highest BCUT2D eigenvalue weighted by Gasteiger charge is 2.38. The van der Waals surface area contributed by atoms with Crippen molar-refractivity contribution in [1.82, 2.24) is 9.88 Å². The smallest absolute Gasteiger partial charge is 0.257 e. The highest BCUT2D eigenvalue weighted by Crippen LogP contribution is 2.32. The fourth-order valence-electron chi connectivity index (χ4n) is 4.22. The number of nitrogens with zero attached hydrogens (tertiary/aromatic N) is 3. The highest BCUT2D eigenvalue weighted by atomic mass is 35.5. The summed E-state index contributed by atoms with van der Waals surface area (Å²) < 4.78 is 5.85. The van der Waals surface area contributed by atoms with Crippen molar-refractivity contribution in [3.05, 3.63) is 52.7 Å². The number of nitrogens with two attached hydrogens (primary N) is 1. The lowest BCUT2D eigenvalue weighted by atomic mass is 9.83. The van der Waals surface area contributed by atoms with Gasteiger partial charge in [0.25, 0.3) is 5.91 Å². The molecule has 0 spiro atoms. The van der Waals surface area contributed by atoms with Crippen molar-refractivity contribution in [1.29, 1.82) is 0 Å². The van der Waals surface area contributed by atoms with Crippen molar-refractivity contribution in [2.75, 3.05) is 38.6 Å². The van der Waals surface area contributed by atoms with E-state index in [4.69, 9.17) is 22.1 Å². The third kappa shape index (κ3) is 5.37. The Balaban J connectivity index is 1.38. The summed E-state index contributed by atoms with van der Waals surface area (Å²) in [5, 5.41) is 3.48. The molecule has 0 saturated carbocycles. The number of carbonyl (C=O) groups is 1. The summed E-state index contributed by atoms with van der Waals surface area (Å²) >= 11 is 6.44. The zero-order valence-electron chi connectivity index (χ0n) is 19.5. The molecule has 3 heterocycles. The first-order chi connectivity index (χ1) is 15.7. The quantitative estimate of drug-likeness (QED) is 0.670. The Morgan fingerprint density at radius 3 is 2.70 bits per heavy atom. The molecule has 2 aromatic rings. The molecule has 1 aromatic carbocycles. The minimum Gasteiger partial charge on any atom is -0.477 e. The van der Waals surface area contributed by atoms with Gasteiger partial charge in [0.2, 0.25) is 5.88 Å². The maximum atomic E-state index is 12.8. The molecular weight excluding hydrogens is 438 g/mol. The van der Waals surface area contributed by atoms with Gasteiger partial charge in [0.15, 0.2) is 0 Å². The number of hydrogen-bond acceptors (Lipinski definition) is 6. The van der Waals surface area contributed by atoms with Crippen molar-refractivity contribution < 1.29 is 9.53 Å².